The van der Waals surface area contributed by atoms with E-state index in [9.17, 15) is 8.78 Å². The molecule has 1 unspecified atom stereocenters. The number of aliphatic hydroxyl groups is 1. The van der Waals surface area contributed by atoms with Crippen LogP contribution in [0.2, 0.25) is 0 Å². The molecular formula is C9H13F2N3OS. The number of rotatable bonds is 5. The van der Waals surface area contributed by atoms with Gasteiger partial charge in [0.1, 0.15) is 16.9 Å². The molecule has 1 saturated carbocycles. The topological polar surface area (TPSA) is 71.2 Å². The molecule has 16 heavy (non-hydrogen) atoms. The molecule has 1 fully saturated rings. The molecule has 1 heterocycles. The van der Waals surface area contributed by atoms with Gasteiger partial charge in [-0.05, 0) is 30.3 Å². The summed E-state index contributed by atoms with van der Waals surface area (Å²) in [5, 5.41) is 12.5. The van der Waals surface area contributed by atoms with E-state index in [1.54, 1.807) is 0 Å². The van der Waals surface area contributed by atoms with Crippen LogP contribution in [0.1, 0.15) is 24.3 Å². The fraction of sp³-hybridized carbons (Fsp3) is 0.667. The first kappa shape index (κ1) is 11.5. The highest BCUT2D eigenvalue weighted by Gasteiger charge is 2.30. The van der Waals surface area contributed by atoms with Gasteiger partial charge in [-0.1, -0.05) is 0 Å². The molecule has 1 aliphatic carbocycles. The molecule has 7 heteroatoms. The van der Waals surface area contributed by atoms with Gasteiger partial charge in [0.15, 0.2) is 0 Å². The first-order chi connectivity index (χ1) is 7.59. The summed E-state index contributed by atoms with van der Waals surface area (Å²) in [5.41, 5.74) is 6.62. The van der Waals surface area contributed by atoms with Crippen molar-refractivity contribution in [3.05, 3.63) is 5.56 Å². The van der Waals surface area contributed by atoms with Crippen molar-refractivity contribution >= 4 is 22.4 Å². The average Bonchev–Trinajstić information content (AvgIpc) is 3.00. The third-order valence-corrected chi connectivity index (χ3v) is 3.34. The number of alkyl halides is 2. The molecule has 0 saturated heterocycles. The summed E-state index contributed by atoms with van der Waals surface area (Å²) in [7, 11) is 0. The number of anilines is 2. The summed E-state index contributed by atoms with van der Waals surface area (Å²) >= 11 is 1.16. The second kappa shape index (κ2) is 4.50. The van der Waals surface area contributed by atoms with E-state index in [-0.39, 0.29) is 6.54 Å². The molecule has 2 rings (SSSR count). The maximum absolute atomic E-state index is 12.1. The molecule has 0 amide bonds. The van der Waals surface area contributed by atoms with E-state index in [2.05, 4.69) is 9.69 Å². The van der Waals surface area contributed by atoms with Crippen molar-refractivity contribution in [3.63, 3.8) is 0 Å². The van der Waals surface area contributed by atoms with E-state index in [1.165, 1.54) is 0 Å². The quantitative estimate of drug-likeness (QED) is 0.742. The Bertz CT molecular complexity index is 368. The van der Waals surface area contributed by atoms with Crippen LogP contribution in [0.15, 0.2) is 0 Å². The summed E-state index contributed by atoms with van der Waals surface area (Å²) in [6.07, 6.45) is -2.26. The van der Waals surface area contributed by atoms with Crippen molar-refractivity contribution < 1.29 is 13.9 Å². The normalized spacial score (nSPS) is 17.8. The highest BCUT2D eigenvalue weighted by molar-refractivity contribution is 7.10. The zero-order valence-electron chi connectivity index (χ0n) is 8.49. The molecule has 1 aromatic rings. The molecule has 0 bridgehead atoms. The zero-order valence-corrected chi connectivity index (χ0v) is 9.31. The zero-order chi connectivity index (χ0) is 11.7. The summed E-state index contributed by atoms with van der Waals surface area (Å²) in [6, 6.07) is 0. The minimum absolute atomic E-state index is 0.182. The Kier molecular flexibility index (Phi) is 3.25. The number of nitrogens with two attached hydrogens (primary N) is 1. The van der Waals surface area contributed by atoms with Gasteiger partial charge in [-0.15, -0.1) is 0 Å². The lowest BCUT2D eigenvalue weighted by molar-refractivity contribution is 0.00387. The number of hydrogen-bond donors (Lipinski definition) is 3. The highest BCUT2D eigenvalue weighted by atomic mass is 32.1. The summed E-state index contributed by atoms with van der Waals surface area (Å²) in [5.74, 6) is 0.881. The lowest BCUT2D eigenvalue weighted by Crippen LogP contribution is -2.26. The number of nitrogen functional groups attached to an aromatic ring is 1. The van der Waals surface area contributed by atoms with Crippen LogP contribution in [0, 0.1) is 0 Å². The number of nitrogens with zero attached hydrogens (tertiary/aromatic N) is 1. The second-order valence-electron chi connectivity index (χ2n) is 3.87. The molecule has 4 nitrogen and oxygen atoms in total. The standard InChI is InChI=1S/C9H13F2N3OS/c10-7(11)5(15)3-13-9-6(4-1-2-4)8(12)14-16-9/h4-5,7,13,15H,1-3H2,(H2,12,14). The molecule has 1 aliphatic rings. The van der Waals surface area contributed by atoms with Crippen LogP contribution in [0.4, 0.5) is 19.6 Å². The van der Waals surface area contributed by atoms with Gasteiger partial charge in [-0.3, -0.25) is 0 Å². The van der Waals surface area contributed by atoms with Crippen molar-refractivity contribution in [2.75, 3.05) is 17.6 Å². The third-order valence-electron chi connectivity index (χ3n) is 2.50. The molecule has 1 atom stereocenters. The Morgan fingerprint density at radius 3 is 2.81 bits per heavy atom. The molecule has 4 N–H and O–H groups in total. The van der Waals surface area contributed by atoms with E-state index < -0.39 is 12.5 Å². The minimum Gasteiger partial charge on any atom is -0.385 e. The van der Waals surface area contributed by atoms with E-state index in [0.717, 1.165) is 29.9 Å². The van der Waals surface area contributed by atoms with Crippen LogP contribution in [-0.2, 0) is 0 Å². The fourth-order valence-corrected chi connectivity index (χ4v) is 2.30. The molecule has 90 valence electrons. The molecule has 0 radical (unpaired) electrons. The van der Waals surface area contributed by atoms with Gasteiger partial charge in [0, 0.05) is 12.1 Å². The van der Waals surface area contributed by atoms with Crippen LogP contribution < -0.4 is 11.1 Å². The third kappa shape index (κ3) is 2.41. The largest absolute Gasteiger partial charge is 0.385 e. The first-order valence-electron chi connectivity index (χ1n) is 5.04. The molecule has 1 aromatic heterocycles. The van der Waals surface area contributed by atoms with Crippen LogP contribution in [0.5, 0.6) is 0 Å². The molecule has 0 spiro atoms. The van der Waals surface area contributed by atoms with E-state index in [1.807, 2.05) is 0 Å². The van der Waals surface area contributed by atoms with Crippen molar-refractivity contribution in [1.82, 2.24) is 4.37 Å². The smallest absolute Gasteiger partial charge is 0.265 e. The van der Waals surface area contributed by atoms with Gasteiger partial charge in [-0.2, -0.15) is 4.37 Å². The summed E-state index contributed by atoms with van der Waals surface area (Å²) < 4.78 is 28.2. The SMILES string of the molecule is Nc1nsc(NCC(O)C(F)F)c1C1CC1. The Balaban J connectivity index is 1.99. The summed E-state index contributed by atoms with van der Waals surface area (Å²) in [4.78, 5) is 0. The van der Waals surface area contributed by atoms with Crippen LogP contribution in [0.25, 0.3) is 0 Å². The van der Waals surface area contributed by atoms with Crippen LogP contribution in [-0.4, -0.2) is 28.6 Å². The Hall–Kier alpha value is -0.950. The highest BCUT2D eigenvalue weighted by Crippen LogP contribution is 2.47. The number of aliphatic hydroxyl groups excluding tert-OH is 1. The second-order valence-corrected chi connectivity index (χ2v) is 4.64. The Labute approximate surface area is 95.6 Å². The Morgan fingerprint density at radius 2 is 2.25 bits per heavy atom. The van der Waals surface area contributed by atoms with Gasteiger partial charge in [-0.25, -0.2) is 8.78 Å². The number of hydrogen-bond acceptors (Lipinski definition) is 5. The van der Waals surface area contributed by atoms with Crippen molar-refractivity contribution in [1.29, 1.82) is 0 Å². The molecular weight excluding hydrogens is 236 g/mol. The maximum Gasteiger partial charge on any atom is 0.265 e. The lowest BCUT2D eigenvalue weighted by Gasteiger charge is -2.11. The van der Waals surface area contributed by atoms with Gasteiger partial charge in [0.2, 0.25) is 0 Å². The first-order valence-corrected chi connectivity index (χ1v) is 5.82. The van der Waals surface area contributed by atoms with E-state index in [4.69, 9.17) is 10.8 Å². The lowest BCUT2D eigenvalue weighted by atomic mass is 10.2. The van der Waals surface area contributed by atoms with E-state index in [0.29, 0.717) is 16.7 Å². The maximum atomic E-state index is 12.1. The molecule has 0 aromatic carbocycles. The number of halogens is 2. The average molecular weight is 249 g/mol. The number of nitrogens with one attached hydrogen (secondary N) is 1. The van der Waals surface area contributed by atoms with Gasteiger partial charge < -0.3 is 16.2 Å². The van der Waals surface area contributed by atoms with Crippen molar-refractivity contribution in [3.8, 4) is 0 Å². The van der Waals surface area contributed by atoms with Gasteiger partial charge >= 0.3 is 0 Å². The van der Waals surface area contributed by atoms with E-state index >= 15 is 0 Å². The molecule has 0 aliphatic heterocycles. The fourth-order valence-electron chi connectivity index (χ4n) is 1.49. The summed E-state index contributed by atoms with van der Waals surface area (Å²) in [6.45, 7) is -0.182. The van der Waals surface area contributed by atoms with Gasteiger partial charge in [0.25, 0.3) is 6.43 Å². The predicted molar refractivity (Wildman–Crippen MR) is 59.0 cm³/mol. The van der Waals surface area contributed by atoms with Crippen LogP contribution in [0.3, 0.4) is 0 Å². The number of aromatic nitrogens is 1. The predicted octanol–water partition coefficient (Wildman–Crippen LogP) is 1.64. The Morgan fingerprint density at radius 1 is 1.56 bits per heavy atom. The minimum atomic E-state index is -2.73. The monoisotopic (exact) mass is 249 g/mol. The van der Waals surface area contributed by atoms with Crippen molar-refractivity contribution in [2.24, 2.45) is 0 Å². The van der Waals surface area contributed by atoms with Gasteiger partial charge in [0.05, 0.1) is 0 Å². The van der Waals surface area contributed by atoms with Crippen molar-refractivity contribution in [2.45, 2.75) is 31.3 Å². The van der Waals surface area contributed by atoms with Crippen LogP contribution >= 0.6 is 11.5 Å².